The largest absolute Gasteiger partial charge is 0.467 e. The van der Waals surface area contributed by atoms with E-state index in [0.717, 1.165) is 0 Å². The molecule has 19 heavy (non-hydrogen) atoms. The lowest BCUT2D eigenvalue weighted by atomic mass is 10.3. The van der Waals surface area contributed by atoms with Gasteiger partial charge in [0.2, 0.25) is 5.95 Å². The Bertz CT molecular complexity index is 624. The molecule has 0 spiro atoms. The number of hydrogen-bond donors (Lipinski definition) is 1. The van der Waals surface area contributed by atoms with Crippen molar-refractivity contribution in [3.05, 3.63) is 27.2 Å². The van der Waals surface area contributed by atoms with E-state index in [9.17, 15) is 0 Å². The molecule has 1 aromatic heterocycles. The van der Waals surface area contributed by atoms with Gasteiger partial charge in [0.05, 0.1) is 22.2 Å². The first kappa shape index (κ1) is 13.9. The number of halogens is 3. The van der Waals surface area contributed by atoms with Gasteiger partial charge in [-0.05, 0) is 6.07 Å². The highest BCUT2D eigenvalue weighted by Crippen LogP contribution is 2.35. The monoisotopic (exact) mass is 320 g/mol. The van der Waals surface area contributed by atoms with Gasteiger partial charge in [0.1, 0.15) is 0 Å². The fraction of sp³-hybridized carbons (Fsp3) is 0.100. The number of hydrogen-bond acceptors (Lipinski definition) is 6. The number of methoxy groups -OCH3 is 1. The number of benzene rings is 1. The van der Waals surface area contributed by atoms with Crippen molar-refractivity contribution in [2.45, 2.75) is 0 Å². The summed E-state index contributed by atoms with van der Waals surface area (Å²) >= 11 is 17.6. The first-order valence-corrected chi connectivity index (χ1v) is 6.01. The lowest BCUT2D eigenvalue weighted by molar-refractivity contribution is 0.360. The van der Waals surface area contributed by atoms with E-state index in [2.05, 4.69) is 15.0 Å². The Balaban J connectivity index is 2.36. The first-order valence-electron chi connectivity index (χ1n) is 4.87. The summed E-state index contributed by atoms with van der Waals surface area (Å²) in [6.07, 6.45) is 0. The molecule has 2 aromatic rings. The number of rotatable bonds is 3. The summed E-state index contributed by atoms with van der Waals surface area (Å²) in [5.74, 6) is 0.196. The third kappa shape index (κ3) is 3.28. The average molecular weight is 322 g/mol. The number of ether oxygens (including phenoxy) is 2. The van der Waals surface area contributed by atoms with Crippen molar-refractivity contribution in [2.75, 3.05) is 12.8 Å². The van der Waals surface area contributed by atoms with Crippen molar-refractivity contribution in [2.24, 2.45) is 0 Å². The molecule has 0 aliphatic heterocycles. The molecular formula is C10H7Cl3N4O2. The normalized spacial score (nSPS) is 10.3. The van der Waals surface area contributed by atoms with Crippen molar-refractivity contribution < 1.29 is 9.47 Å². The molecule has 0 unspecified atom stereocenters. The maximum Gasteiger partial charge on any atom is 0.330 e. The van der Waals surface area contributed by atoms with Crippen molar-refractivity contribution in [3.63, 3.8) is 0 Å². The van der Waals surface area contributed by atoms with Gasteiger partial charge in [-0.3, -0.25) is 0 Å². The van der Waals surface area contributed by atoms with Crippen LogP contribution in [0, 0.1) is 0 Å². The van der Waals surface area contributed by atoms with Gasteiger partial charge in [-0.2, -0.15) is 9.97 Å². The molecule has 100 valence electrons. The summed E-state index contributed by atoms with van der Waals surface area (Å²) in [4.78, 5) is 11.4. The molecule has 6 nitrogen and oxygen atoms in total. The summed E-state index contributed by atoms with van der Waals surface area (Å²) in [5.41, 5.74) is 5.48. The smallest absolute Gasteiger partial charge is 0.330 e. The zero-order valence-corrected chi connectivity index (χ0v) is 11.8. The van der Waals surface area contributed by atoms with Gasteiger partial charge in [0.25, 0.3) is 0 Å². The molecule has 0 fully saturated rings. The second kappa shape index (κ2) is 5.64. The molecule has 9 heteroatoms. The number of aromatic nitrogens is 3. The van der Waals surface area contributed by atoms with E-state index in [1.165, 1.54) is 19.2 Å². The summed E-state index contributed by atoms with van der Waals surface area (Å²) in [6, 6.07) is 2.85. The summed E-state index contributed by atoms with van der Waals surface area (Å²) < 4.78 is 10.2. The topological polar surface area (TPSA) is 83.2 Å². The Morgan fingerprint density at radius 2 is 1.58 bits per heavy atom. The molecule has 0 radical (unpaired) electrons. The van der Waals surface area contributed by atoms with Crippen LogP contribution < -0.4 is 15.2 Å². The van der Waals surface area contributed by atoms with Crippen molar-refractivity contribution >= 4 is 40.8 Å². The molecule has 2 rings (SSSR count). The Morgan fingerprint density at radius 3 is 2.26 bits per heavy atom. The Kier molecular flexibility index (Phi) is 4.14. The van der Waals surface area contributed by atoms with Gasteiger partial charge < -0.3 is 15.2 Å². The van der Waals surface area contributed by atoms with Gasteiger partial charge >= 0.3 is 12.0 Å². The van der Waals surface area contributed by atoms with E-state index in [4.69, 9.17) is 50.0 Å². The molecule has 0 saturated carbocycles. The number of anilines is 1. The van der Waals surface area contributed by atoms with Crippen LogP contribution in [0.2, 0.25) is 15.1 Å². The van der Waals surface area contributed by atoms with Crippen molar-refractivity contribution in [1.82, 2.24) is 15.0 Å². The van der Waals surface area contributed by atoms with Gasteiger partial charge in [0, 0.05) is 6.07 Å². The predicted octanol–water partition coefficient (Wildman–Crippen LogP) is 3.21. The summed E-state index contributed by atoms with van der Waals surface area (Å²) in [6.45, 7) is 0. The second-order valence-corrected chi connectivity index (χ2v) is 4.48. The number of nitrogens with two attached hydrogens (primary N) is 1. The third-order valence-corrected chi connectivity index (χ3v) is 2.99. The molecule has 1 aromatic carbocycles. The van der Waals surface area contributed by atoms with E-state index in [-0.39, 0.29) is 33.8 Å². The molecule has 0 bridgehead atoms. The quantitative estimate of drug-likeness (QED) is 0.874. The van der Waals surface area contributed by atoms with Gasteiger partial charge in [-0.1, -0.05) is 34.8 Å². The van der Waals surface area contributed by atoms with Crippen molar-refractivity contribution in [1.29, 1.82) is 0 Å². The molecule has 0 aliphatic rings. The van der Waals surface area contributed by atoms with Crippen LogP contribution in [0.1, 0.15) is 0 Å². The lowest BCUT2D eigenvalue weighted by Crippen LogP contribution is -2.03. The van der Waals surface area contributed by atoms with Crippen LogP contribution in [0.15, 0.2) is 12.1 Å². The molecule has 1 heterocycles. The minimum Gasteiger partial charge on any atom is -0.467 e. The van der Waals surface area contributed by atoms with Gasteiger partial charge in [-0.15, -0.1) is 4.98 Å². The zero-order valence-electron chi connectivity index (χ0n) is 9.52. The van der Waals surface area contributed by atoms with E-state index in [1.54, 1.807) is 0 Å². The SMILES string of the molecule is COc1nc(N)nc(Oc2cc(Cl)c(Cl)cc2Cl)n1. The Labute approximate surface area is 123 Å². The number of nitrogen functional groups attached to an aromatic ring is 1. The predicted molar refractivity (Wildman–Crippen MR) is 72.3 cm³/mol. The first-order chi connectivity index (χ1) is 8.99. The summed E-state index contributed by atoms with van der Waals surface area (Å²) in [7, 11) is 1.39. The fourth-order valence-electron chi connectivity index (χ4n) is 1.17. The van der Waals surface area contributed by atoms with E-state index in [0.29, 0.717) is 5.02 Å². The number of nitrogens with zero attached hydrogens (tertiary/aromatic N) is 3. The third-order valence-electron chi connectivity index (χ3n) is 1.97. The summed E-state index contributed by atoms with van der Waals surface area (Å²) in [5, 5.41) is 0.856. The molecule has 2 N–H and O–H groups in total. The van der Waals surface area contributed by atoms with E-state index >= 15 is 0 Å². The van der Waals surface area contributed by atoms with Crippen LogP contribution >= 0.6 is 34.8 Å². The van der Waals surface area contributed by atoms with Crippen LogP contribution in [-0.4, -0.2) is 22.1 Å². The van der Waals surface area contributed by atoms with Crippen LogP contribution in [0.3, 0.4) is 0 Å². The standard InChI is InChI=1S/C10H7Cl3N4O2/c1-18-9-15-8(14)16-10(17-9)19-7-3-5(12)4(11)2-6(7)13/h2-3H,1H3,(H2,14,15,16,17). The highest BCUT2D eigenvalue weighted by atomic mass is 35.5. The maximum absolute atomic E-state index is 5.96. The van der Waals surface area contributed by atoms with Crippen LogP contribution in [0.25, 0.3) is 0 Å². The Morgan fingerprint density at radius 1 is 0.947 bits per heavy atom. The molecular weight excluding hydrogens is 314 g/mol. The van der Waals surface area contributed by atoms with Crippen molar-refractivity contribution in [3.8, 4) is 17.8 Å². The highest BCUT2D eigenvalue weighted by Gasteiger charge is 2.12. The zero-order chi connectivity index (χ0) is 14.0. The minimum absolute atomic E-state index is 0.0266. The van der Waals surface area contributed by atoms with Crippen LogP contribution in [0.5, 0.6) is 17.8 Å². The van der Waals surface area contributed by atoms with E-state index in [1.807, 2.05) is 0 Å². The molecule has 0 saturated heterocycles. The van der Waals surface area contributed by atoms with Crippen LogP contribution in [0.4, 0.5) is 5.95 Å². The lowest BCUT2D eigenvalue weighted by Gasteiger charge is -2.08. The molecule has 0 aliphatic carbocycles. The molecule has 0 amide bonds. The molecule has 0 atom stereocenters. The maximum atomic E-state index is 5.96. The second-order valence-electron chi connectivity index (χ2n) is 3.26. The minimum atomic E-state index is -0.0651. The van der Waals surface area contributed by atoms with Gasteiger partial charge in [-0.25, -0.2) is 0 Å². The van der Waals surface area contributed by atoms with Gasteiger partial charge in [0.15, 0.2) is 5.75 Å². The van der Waals surface area contributed by atoms with Crippen LogP contribution in [-0.2, 0) is 0 Å². The Hall–Kier alpha value is -1.50. The van der Waals surface area contributed by atoms with E-state index < -0.39 is 0 Å². The fourth-order valence-corrected chi connectivity index (χ4v) is 1.75. The highest BCUT2D eigenvalue weighted by molar-refractivity contribution is 6.43. The average Bonchev–Trinajstić information content (AvgIpc) is 2.35.